The first-order chi connectivity index (χ1) is 26.3. The van der Waals surface area contributed by atoms with E-state index in [-0.39, 0.29) is 23.9 Å². The maximum atomic E-state index is 15.4. The molecule has 2 aromatic heterocycles. The van der Waals surface area contributed by atoms with Crippen LogP contribution in [0.15, 0.2) is 70.3 Å². The lowest BCUT2D eigenvalue weighted by molar-refractivity contribution is -0.231. The predicted octanol–water partition coefficient (Wildman–Crippen LogP) is 6.98. The second-order valence-electron chi connectivity index (χ2n) is 16.1. The Labute approximate surface area is 312 Å². The fourth-order valence-corrected chi connectivity index (χ4v) is 11.5. The summed E-state index contributed by atoms with van der Waals surface area (Å²) in [5.74, 6) is -3.71. The van der Waals surface area contributed by atoms with E-state index in [4.69, 9.17) is 20.4 Å². The van der Waals surface area contributed by atoms with Gasteiger partial charge >= 0.3 is 0 Å². The normalized spacial score (nSPS) is 37.3. The number of methoxy groups -OCH3 is 1. The van der Waals surface area contributed by atoms with Gasteiger partial charge in [0.25, 0.3) is 0 Å². The second kappa shape index (κ2) is 11.5. The number of benzene rings is 2. The number of aromatic nitrogens is 3. The summed E-state index contributed by atoms with van der Waals surface area (Å²) >= 11 is 0. The van der Waals surface area contributed by atoms with E-state index >= 15 is 8.78 Å². The van der Waals surface area contributed by atoms with Crippen LogP contribution in [0.4, 0.5) is 13.2 Å². The van der Waals surface area contributed by atoms with Crippen LogP contribution in [0.3, 0.4) is 0 Å². The fraction of sp³-hybridized carbons (Fsp3) is 0.476. The Morgan fingerprint density at radius 3 is 2.46 bits per heavy atom. The molecule has 4 heterocycles. The van der Waals surface area contributed by atoms with Crippen molar-refractivity contribution in [1.82, 2.24) is 19.6 Å². The quantitative estimate of drug-likeness (QED) is 0.167. The highest BCUT2D eigenvalue weighted by Crippen LogP contribution is 2.76. The Hall–Kier alpha value is -4.07. The Morgan fingerprint density at radius 1 is 1.00 bits per heavy atom. The summed E-state index contributed by atoms with van der Waals surface area (Å²) in [5, 5.41) is 29.3. The minimum atomic E-state index is -1.92. The first-order valence-corrected chi connectivity index (χ1v) is 18.8. The van der Waals surface area contributed by atoms with Crippen molar-refractivity contribution in [1.29, 1.82) is 0 Å². The van der Waals surface area contributed by atoms with E-state index in [1.807, 2.05) is 48.8 Å². The minimum absolute atomic E-state index is 0.0456. The van der Waals surface area contributed by atoms with Crippen molar-refractivity contribution in [2.45, 2.75) is 93.9 Å². The molecular weight excluding hydrogens is 697 g/mol. The first-order valence-electron chi connectivity index (χ1n) is 19.4. The molecule has 12 heteroatoms. The highest BCUT2D eigenvalue weighted by molar-refractivity contribution is 5.84. The summed E-state index contributed by atoms with van der Waals surface area (Å²) in [7, 11) is 3.72. The number of allylic oxidation sites excluding steroid dienone is 1. The molecule has 1 spiro atoms. The molecule has 2 bridgehead atoms. The molecule has 1 saturated carbocycles. The predicted molar refractivity (Wildman–Crippen MR) is 192 cm³/mol. The lowest BCUT2D eigenvalue weighted by Crippen LogP contribution is -2.66. The molecule has 282 valence electrons. The van der Waals surface area contributed by atoms with Gasteiger partial charge in [-0.3, -0.25) is 4.57 Å². The van der Waals surface area contributed by atoms with Crippen LogP contribution < -0.4 is 0 Å². The Bertz CT molecular complexity index is 2340. The summed E-state index contributed by atoms with van der Waals surface area (Å²) < 4.78 is 75.8. The molecule has 54 heavy (non-hydrogen) atoms. The Morgan fingerprint density at radius 2 is 1.76 bits per heavy atom. The SMILES string of the molecule is [2H]C1CCC(OC)(n2c([C@]34OC5(c6cc(F)c(F)c(F)c6)C6=C(C=CC5O)C[C@@H]5[C@H](C=C[C@@H]3O)[C@@]64CCN5C)nc3cc(-c4c(C)noc4C)ccc32)CC1. The number of aryl methyl sites for hydroxylation is 2. The average Bonchev–Trinajstić information content (AvgIpc) is 3.82. The smallest absolute Gasteiger partial charge is 0.194 e. The van der Waals surface area contributed by atoms with Crippen molar-refractivity contribution in [2.75, 3.05) is 20.7 Å². The molecule has 0 radical (unpaired) electrons. The molecule has 2 unspecified atom stereocenters. The molecule has 4 aliphatic carbocycles. The summed E-state index contributed by atoms with van der Waals surface area (Å²) in [5.41, 5.74) is -0.720. The maximum Gasteiger partial charge on any atom is 0.194 e. The van der Waals surface area contributed by atoms with Gasteiger partial charge in [0.1, 0.15) is 35.1 Å². The molecule has 7 atom stereocenters. The van der Waals surface area contributed by atoms with Crippen molar-refractivity contribution in [3.05, 3.63) is 106 Å². The lowest BCUT2D eigenvalue weighted by Gasteiger charge is -2.61. The van der Waals surface area contributed by atoms with Gasteiger partial charge in [0.15, 0.2) is 23.1 Å². The number of nitrogens with zero attached hydrogens (tertiary/aromatic N) is 4. The van der Waals surface area contributed by atoms with E-state index in [0.717, 1.165) is 34.5 Å². The van der Waals surface area contributed by atoms with Gasteiger partial charge in [-0.05, 0) is 113 Å². The van der Waals surface area contributed by atoms with E-state index in [1.54, 1.807) is 19.3 Å². The third kappa shape index (κ3) is 4.03. The van der Waals surface area contributed by atoms with Gasteiger partial charge < -0.3 is 29.1 Å². The van der Waals surface area contributed by atoms with Crippen molar-refractivity contribution in [2.24, 2.45) is 11.3 Å². The zero-order valence-electron chi connectivity index (χ0n) is 31.6. The summed E-state index contributed by atoms with van der Waals surface area (Å²) in [6.07, 6.45) is 7.16. The van der Waals surface area contributed by atoms with E-state index in [1.165, 1.54) is 0 Å². The number of halogens is 3. The van der Waals surface area contributed by atoms with E-state index in [0.29, 0.717) is 73.3 Å². The van der Waals surface area contributed by atoms with Gasteiger partial charge in [0, 0.05) is 31.4 Å². The number of hydrogen-bond donors (Lipinski definition) is 2. The van der Waals surface area contributed by atoms with Crippen molar-refractivity contribution >= 4 is 11.0 Å². The van der Waals surface area contributed by atoms with Crippen LogP contribution in [0.5, 0.6) is 0 Å². The van der Waals surface area contributed by atoms with Gasteiger partial charge in [-0.1, -0.05) is 41.9 Å². The lowest BCUT2D eigenvalue weighted by atomic mass is 9.46. The van der Waals surface area contributed by atoms with E-state index in [9.17, 15) is 14.6 Å². The fourth-order valence-electron chi connectivity index (χ4n) is 11.5. The molecule has 2 aliphatic heterocycles. The molecule has 0 amide bonds. The standard InChI is InChI=1S/C42H43F3N4O5/c1-22-35(23(2)53-47-22)24-8-11-31-30(18-24)46-38(49(31)39(52-4)14-6-5-7-15-39)42-34(51)13-10-27-32-19-25-9-12-33(50)41(54-42,26-20-28(43)36(45)29(44)21-26)37(25)40(27,42)16-17-48(32)3/h8-13,18,20-21,27,32-34,50-51H,5-7,14-17,19H2,1-4H3/t27-,32+,33?,34-,40-,41?,42+/m0/s1/i5D/t5?,27-,32+,33?,34-,39?,40-,41?,42+. The molecule has 9 nitrogen and oxygen atoms in total. The molecule has 10 rings (SSSR count). The van der Waals surface area contributed by atoms with Gasteiger partial charge in [-0.2, -0.15) is 0 Å². The van der Waals surface area contributed by atoms with Crippen LogP contribution in [0.25, 0.3) is 22.2 Å². The maximum absolute atomic E-state index is 15.4. The number of rotatable bonds is 5. The molecule has 2 aromatic carbocycles. The van der Waals surface area contributed by atoms with Gasteiger partial charge in [0.05, 0.1) is 16.7 Å². The number of aliphatic hydroxyl groups is 2. The number of piperidine rings is 1. The van der Waals surface area contributed by atoms with Crippen LogP contribution in [0.1, 0.15) is 69.1 Å². The average molecular weight is 742 g/mol. The monoisotopic (exact) mass is 741 g/mol. The van der Waals surface area contributed by atoms with Crippen molar-refractivity contribution < 1.29 is 38.8 Å². The van der Waals surface area contributed by atoms with E-state index < -0.39 is 52.0 Å². The van der Waals surface area contributed by atoms with Crippen molar-refractivity contribution in [3.63, 3.8) is 0 Å². The van der Waals surface area contributed by atoms with E-state index in [2.05, 4.69) is 17.1 Å². The van der Waals surface area contributed by atoms with Crippen LogP contribution in [-0.2, 0) is 26.4 Å². The summed E-state index contributed by atoms with van der Waals surface area (Å²) in [4.78, 5) is 7.76. The molecule has 2 N–H and O–H groups in total. The number of fused-ring (bicyclic) bond motifs is 1. The third-order valence-electron chi connectivity index (χ3n) is 13.8. The number of aliphatic hydroxyl groups excluding tert-OH is 2. The minimum Gasteiger partial charge on any atom is -0.385 e. The van der Waals surface area contributed by atoms with Crippen LogP contribution >= 0.6 is 0 Å². The largest absolute Gasteiger partial charge is 0.385 e. The highest BCUT2D eigenvalue weighted by atomic mass is 19.2. The first kappa shape index (κ1) is 33.3. The molecule has 4 aromatic rings. The van der Waals surface area contributed by atoms with Crippen LogP contribution in [-0.4, -0.2) is 68.8 Å². The topological polar surface area (TPSA) is 106 Å². The highest BCUT2D eigenvalue weighted by Gasteiger charge is 2.80. The number of ether oxygens (including phenoxy) is 2. The Kier molecular flexibility index (Phi) is 7.08. The van der Waals surface area contributed by atoms with Gasteiger partial charge in [-0.25, -0.2) is 18.2 Å². The number of imidazole rings is 1. The molecule has 6 aliphatic rings. The summed E-state index contributed by atoms with van der Waals surface area (Å²) in [6.45, 7) is 4.32. The third-order valence-corrected chi connectivity index (χ3v) is 13.8. The second-order valence-corrected chi connectivity index (χ2v) is 16.1. The number of hydrogen-bond acceptors (Lipinski definition) is 8. The van der Waals surface area contributed by atoms with Gasteiger partial charge in [0.2, 0.25) is 0 Å². The van der Waals surface area contributed by atoms with Crippen LogP contribution in [0, 0.1) is 42.6 Å². The van der Waals surface area contributed by atoms with Crippen molar-refractivity contribution in [3.8, 4) is 11.1 Å². The Balaban J connectivity index is 1.34. The van der Waals surface area contributed by atoms with Gasteiger partial charge in [-0.15, -0.1) is 0 Å². The zero-order valence-corrected chi connectivity index (χ0v) is 30.6. The molecule has 2 saturated heterocycles. The molecule has 3 fully saturated rings. The molecular formula is C42H43F3N4O5. The number of likely N-dealkylation sites (tertiary alicyclic amines) is 1. The summed E-state index contributed by atoms with van der Waals surface area (Å²) in [6, 6.07) is 7.69. The zero-order chi connectivity index (χ0) is 38.4. The van der Waals surface area contributed by atoms with Crippen LogP contribution in [0.2, 0.25) is 0 Å².